The average Bonchev–Trinajstić information content (AvgIpc) is 3.29. The van der Waals surface area contributed by atoms with Crippen molar-refractivity contribution in [2.75, 3.05) is 20.2 Å². The molecular formula is C24H27N3O3. The third-order valence-corrected chi connectivity index (χ3v) is 5.68. The lowest BCUT2D eigenvalue weighted by molar-refractivity contribution is 0.0703. The number of carbonyl (C=O) groups excluding carboxylic acids is 1. The van der Waals surface area contributed by atoms with Crippen LogP contribution in [0, 0.1) is 0 Å². The number of benzene rings is 2. The fourth-order valence-corrected chi connectivity index (χ4v) is 3.90. The van der Waals surface area contributed by atoms with Gasteiger partial charge in [0.1, 0.15) is 5.75 Å². The smallest absolute Gasteiger partial charge is 0.261 e. The van der Waals surface area contributed by atoms with Gasteiger partial charge in [0, 0.05) is 24.6 Å². The quantitative estimate of drug-likeness (QED) is 0.605. The van der Waals surface area contributed by atoms with Crippen molar-refractivity contribution in [1.82, 2.24) is 15.0 Å². The van der Waals surface area contributed by atoms with Gasteiger partial charge in [0.25, 0.3) is 11.8 Å². The molecule has 2 heterocycles. The number of para-hydroxylation sites is 1. The van der Waals surface area contributed by atoms with Crippen molar-refractivity contribution >= 4 is 5.91 Å². The molecule has 1 amide bonds. The summed E-state index contributed by atoms with van der Waals surface area (Å²) in [6.07, 6.45) is 1.85. The molecule has 6 heteroatoms. The summed E-state index contributed by atoms with van der Waals surface area (Å²) in [4.78, 5) is 19.5. The molecule has 0 aliphatic carbocycles. The van der Waals surface area contributed by atoms with Crippen LogP contribution in [-0.2, 0) is 0 Å². The Labute approximate surface area is 176 Å². The fraction of sp³-hybridized carbons (Fsp3) is 0.375. The van der Waals surface area contributed by atoms with Gasteiger partial charge >= 0.3 is 0 Å². The van der Waals surface area contributed by atoms with E-state index in [0.29, 0.717) is 29.9 Å². The highest BCUT2D eigenvalue weighted by Gasteiger charge is 2.29. The predicted octanol–water partition coefficient (Wildman–Crippen LogP) is 4.89. The number of amides is 1. The number of hydrogen-bond donors (Lipinski definition) is 0. The summed E-state index contributed by atoms with van der Waals surface area (Å²) < 4.78 is 10.9. The maximum absolute atomic E-state index is 13.0. The Kier molecular flexibility index (Phi) is 5.84. The van der Waals surface area contributed by atoms with E-state index in [2.05, 4.69) is 24.0 Å². The van der Waals surface area contributed by atoms with E-state index in [0.717, 1.165) is 30.5 Å². The van der Waals surface area contributed by atoms with Gasteiger partial charge < -0.3 is 14.2 Å². The fourth-order valence-electron chi connectivity index (χ4n) is 3.90. The third-order valence-electron chi connectivity index (χ3n) is 5.68. The number of aromatic nitrogens is 2. The van der Waals surface area contributed by atoms with Crippen LogP contribution in [0.2, 0.25) is 0 Å². The number of likely N-dealkylation sites (tertiary alicyclic amines) is 1. The van der Waals surface area contributed by atoms with E-state index in [1.165, 1.54) is 5.56 Å². The summed E-state index contributed by atoms with van der Waals surface area (Å²) in [5.74, 6) is 2.34. The van der Waals surface area contributed by atoms with E-state index < -0.39 is 0 Å². The van der Waals surface area contributed by atoms with E-state index in [4.69, 9.17) is 9.26 Å². The molecule has 1 saturated heterocycles. The minimum Gasteiger partial charge on any atom is -0.496 e. The van der Waals surface area contributed by atoms with Crippen LogP contribution in [0.4, 0.5) is 0 Å². The van der Waals surface area contributed by atoms with Crippen molar-refractivity contribution in [1.29, 1.82) is 0 Å². The van der Waals surface area contributed by atoms with E-state index in [1.807, 2.05) is 53.4 Å². The zero-order valence-electron chi connectivity index (χ0n) is 17.7. The zero-order valence-corrected chi connectivity index (χ0v) is 17.7. The summed E-state index contributed by atoms with van der Waals surface area (Å²) in [6.45, 7) is 5.64. The number of piperidine rings is 1. The Bertz CT molecular complexity index is 1010. The first-order chi connectivity index (χ1) is 14.6. The summed E-state index contributed by atoms with van der Waals surface area (Å²) in [7, 11) is 1.62. The van der Waals surface area contributed by atoms with Gasteiger partial charge in [-0.3, -0.25) is 4.79 Å². The largest absolute Gasteiger partial charge is 0.496 e. The van der Waals surface area contributed by atoms with Gasteiger partial charge in [-0.05, 0) is 48.6 Å². The molecule has 1 aromatic heterocycles. The highest BCUT2D eigenvalue weighted by Crippen LogP contribution is 2.31. The third kappa shape index (κ3) is 4.08. The van der Waals surface area contributed by atoms with Crippen molar-refractivity contribution in [3.8, 4) is 17.2 Å². The van der Waals surface area contributed by atoms with Crippen molar-refractivity contribution in [3.63, 3.8) is 0 Å². The number of nitrogens with zero attached hydrogens (tertiary/aromatic N) is 3. The Morgan fingerprint density at radius 3 is 2.67 bits per heavy atom. The molecule has 3 aromatic rings. The van der Waals surface area contributed by atoms with E-state index in [9.17, 15) is 4.79 Å². The Hall–Kier alpha value is -3.15. The van der Waals surface area contributed by atoms with Crippen molar-refractivity contribution in [2.24, 2.45) is 0 Å². The summed E-state index contributed by atoms with van der Waals surface area (Å²) in [5, 5.41) is 4.21. The molecule has 4 rings (SSSR count). The van der Waals surface area contributed by atoms with E-state index >= 15 is 0 Å². The first-order valence-electron chi connectivity index (χ1n) is 10.4. The van der Waals surface area contributed by atoms with Crippen LogP contribution in [0.25, 0.3) is 11.5 Å². The lowest BCUT2D eigenvalue weighted by Crippen LogP contribution is -2.39. The van der Waals surface area contributed by atoms with Crippen LogP contribution >= 0.6 is 0 Å². The topological polar surface area (TPSA) is 68.5 Å². The average molecular weight is 405 g/mol. The monoisotopic (exact) mass is 405 g/mol. The molecule has 1 atom stereocenters. The lowest BCUT2D eigenvalue weighted by Gasteiger charge is -2.31. The molecule has 6 nitrogen and oxygen atoms in total. The summed E-state index contributed by atoms with van der Waals surface area (Å²) in [6, 6.07) is 15.5. The van der Waals surface area contributed by atoms with Crippen LogP contribution in [0.1, 0.15) is 60.3 Å². The standard InChI is InChI=1S/C24H27N3O3/c1-16(2)17-10-12-18(13-11-17)24(28)27-14-6-7-19(15-27)22-25-23(30-26-22)20-8-4-5-9-21(20)29-3/h4-5,8-13,16,19H,6-7,14-15H2,1-3H3/t19-/m0/s1. The highest BCUT2D eigenvalue weighted by atomic mass is 16.5. The van der Waals surface area contributed by atoms with Gasteiger partial charge in [-0.1, -0.05) is 43.3 Å². The SMILES string of the molecule is COc1ccccc1-c1nc([C@H]2CCCN(C(=O)c3ccc(C(C)C)cc3)C2)no1. The number of carbonyl (C=O) groups is 1. The Morgan fingerprint density at radius 2 is 1.93 bits per heavy atom. The highest BCUT2D eigenvalue weighted by molar-refractivity contribution is 5.94. The Morgan fingerprint density at radius 1 is 1.17 bits per heavy atom. The predicted molar refractivity (Wildman–Crippen MR) is 115 cm³/mol. The molecule has 2 aromatic carbocycles. The molecule has 0 saturated carbocycles. The van der Waals surface area contributed by atoms with E-state index in [1.54, 1.807) is 7.11 Å². The molecule has 0 radical (unpaired) electrons. The number of hydrogen-bond acceptors (Lipinski definition) is 5. The lowest BCUT2D eigenvalue weighted by atomic mass is 9.96. The number of methoxy groups -OCH3 is 1. The van der Waals surface area contributed by atoms with Gasteiger partial charge in [0.2, 0.25) is 0 Å². The van der Waals surface area contributed by atoms with Crippen LogP contribution in [0.3, 0.4) is 0 Å². The molecule has 1 aliphatic rings. The van der Waals surface area contributed by atoms with Gasteiger partial charge in [-0.2, -0.15) is 4.98 Å². The van der Waals surface area contributed by atoms with Crippen molar-refractivity contribution in [3.05, 3.63) is 65.5 Å². The molecule has 1 aliphatic heterocycles. The summed E-state index contributed by atoms with van der Waals surface area (Å²) >= 11 is 0. The second-order valence-electron chi connectivity index (χ2n) is 8.03. The molecule has 0 N–H and O–H groups in total. The van der Waals surface area contributed by atoms with Crippen LogP contribution < -0.4 is 4.74 Å². The van der Waals surface area contributed by atoms with Crippen molar-refractivity contribution in [2.45, 2.75) is 38.5 Å². The van der Waals surface area contributed by atoms with Gasteiger partial charge in [0.05, 0.1) is 12.7 Å². The maximum atomic E-state index is 13.0. The first-order valence-corrected chi connectivity index (χ1v) is 10.4. The van der Waals surface area contributed by atoms with Gasteiger partial charge in [-0.25, -0.2) is 0 Å². The van der Waals surface area contributed by atoms with Crippen LogP contribution in [0.5, 0.6) is 5.75 Å². The molecule has 0 bridgehead atoms. The minimum atomic E-state index is 0.0588. The van der Waals surface area contributed by atoms with Gasteiger partial charge in [-0.15, -0.1) is 0 Å². The molecule has 1 fully saturated rings. The normalized spacial score (nSPS) is 16.7. The summed E-state index contributed by atoms with van der Waals surface area (Å²) in [5.41, 5.74) is 2.73. The number of rotatable bonds is 5. The van der Waals surface area contributed by atoms with Crippen LogP contribution in [0.15, 0.2) is 53.1 Å². The number of ether oxygens (including phenoxy) is 1. The Balaban J connectivity index is 1.49. The second kappa shape index (κ2) is 8.69. The van der Waals surface area contributed by atoms with Crippen molar-refractivity contribution < 1.29 is 14.1 Å². The van der Waals surface area contributed by atoms with Crippen LogP contribution in [-0.4, -0.2) is 41.1 Å². The molecule has 30 heavy (non-hydrogen) atoms. The maximum Gasteiger partial charge on any atom is 0.261 e. The second-order valence-corrected chi connectivity index (χ2v) is 8.03. The molecule has 0 spiro atoms. The minimum absolute atomic E-state index is 0.0588. The molecule has 156 valence electrons. The van der Waals surface area contributed by atoms with Gasteiger partial charge in [0.15, 0.2) is 5.82 Å². The zero-order chi connectivity index (χ0) is 21.1. The molecule has 0 unspecified atom stereocenters. The van der Waals surface area contributed by atoms with E-state index in [-0.39, 0.29) is 11.8 Å². The first kappa shape index (κ1) is 20.1. The molecular weight excluding hydrogens is 378 g/mol.